The number of nitrogens with zero attached hydrogens (tertiary/aromatic N) is 4. The van der Waals surface area contributed by atoms with Crippen LogP contribution in [0.3, 0.4) is 0 Å². The van der Waals surface area contributed by atoms with Gasteiger partial charge in [0.15, 0.2) is 0 Å². The molecule has 0 unspecified atom stereocenters. The van der Waals surface area contributed by atoms with Gasteiger partial charge in [0.05, 0.1) is 12.8 Å². The highest BCUT2D eigenvalue weighted by Gasteiger charge is 2.40. The molecule has 1 saturated heterocycles. The molecule has 2 aromatic rings. The zero-order chi connectivity index (χ0) is 17.2. The van der Waals surface area contributed by atoms with Crippen molar-refractivity contribution < 1.29 is 13.2 Å². The highest BCUT2D eigenvalue weighted by molar-refractivity contribution is 7.89. The molecule has 3 rings (SSSR count). The molecule has 0 aliphatic carbocycles. The second-order valence-electron chi connectivity index (χ2n) is 5.96. The second kappa shape index (κ2) is 7.00. The number of pyridine rings is 1. The lowest BCUT2D eigenvalue weighted by Crippen LogP contribution is -2.29. The zero-order valence-electron chi connectivity index (χ0n) is 13.9. The molecular weight excluding hydrogens is 328 g/mol. The van der Waals surface area contributed by atoms with Gasteiger partial charge in [-0.15, -0.1) is 0 Å². The molecule has 1 aliphatic rings. The fourth-order valence-electron chi connectivity index (χ4n) is 3.20. The van der Waals surface area contributed by atoms with E-state index in [0.29, 0.717) is 26.2 Å². The van der Waals surface area contributed by atoms with Crippen molar-refractivity contribution in [1.82, 2.24) is 19.1 Å². The largest absolute Gasteiger partial charge is 0.384 e. The molecule has 0 saturated carbocycles. The van der Waals surface area contributed by atoms with Crippen LogP contribution in [0.15, 0.2) is 41.8 Å². The molecule has 0 amide bonds. The summed E-state index contributed by atoms with van der Waals surface area (Å²) in [5.41, 5.74) is 1.09. The second-order valence-corrected chi connectivity index (χ2v) is 7.89. The molecule has 2 atom stereocenters. The van der Waals surface area contributed by atoms with Gasteiger partial charge in [0.25, 0.3) is 0 Å². The van der Waals surface area contributed by atoms with E-state index in [1.165, 1.54) is 6.20 Å². The van der Waals surface area contributed by atoms with Gasteiger partial charge < -0.3 is 4.74 Å². The number of aryl methyl sites for hydroxylation is 1. The first-order chi connectivity index (χ1) is 11.6. The van der Waals surface area contributed by atoms with Gasteiger partial charge in [0, 0.05) is 57.2 Å². The highest BCUT2D eigenvalue weighted by atomic mass is 32.2. The van der Waals surface area contributed by atoms with Crippen molar-refractivity contribution in [1.29, 1.82) is 0 Å². The maximum absolute atomic E-state index is 12.9. The van der Waals surface area contributed by atoms with Crippen LogP contribution in [0.25, 0.3) is 0 Å². The average Bonchev–Trinajstić information content (AvgIpc) is 3.23. The Kier molecular flexibility index (Phi) is 4.98. The number of hydrogen-bond acceptors (Lipinski definition) is 5. The van der Waals surface area contributed by atoms with Crippen molar-refractivity contribution in [3.05, 3.63) is 42.5 Å². The van der Waals surface area contributed by atoms with Crippen LogP contribution >= 0.6 is 0 Å². The van der Waals surface area contributed by atoms with Gasteiger partial charge in [0.1, 0.15) is 4.90 Å². The molecule has 24 heavy (non-hydrogen) atoms. The quantitative estimate of drug-likeness (QED) is 0.786. The van der Waals surface area contributed by atoms with E-state index in [9.17, 15) is 8.42 Å². The maximum Gasteiger partial charge on any atom is 0.246 e. The number of rotatable bonds is 6. The number of hydrogen-bond donors (Lipinski definition) is 0. The molecule has 1 aliphatic heterocycles. The molecule has 3 heterocycles. The van der Waals surface area contributed by atoms with E-state index in [1.807, 2.05) is 19.1 Å². The molecule has 0 N–H and O–H groups in total. The molecule has 2 aromatic heterocycles. The SMILES string of the molecule is CCn1cc(S(=O)(=O)N2C[C@@H](COC)[C@H](c3ccncc3)C2)cn1. The standard InChI is InChI=1S/C16H22N4O3S/c1-3-19-10-15(8-18-19)24(21,22)20-9-14(12-23-2)16(11-20)13-4-6-17-7-5-13/h4-8,10,14,16H,3,9,11-12H2,1-2H3/t14-,16-/m0/s1. The summed E-state index contributed by atoms with van der Waals surface area (Å²) in [6.07, 6.45) is 6.48. The van der Waals surface area contributed by atoms with Gasteiger partial charge in [-0.05, 0) is 24.6 Å². The minimum absolute atomic E-state index is 0.101. The van der Waals surface area contributed by atoms with E-state index in [2.05, 4.69) is 10.1 Å². The van der Waals surface area contributed by atoms with E-state index in [0.717, 1.165) is 5.56 Å². The first kappa shape index (κ1) is 17.1. The Hall–Kier alpha value is -1.77. The Morgan fingerprint density at radius 1 is 1.29 bits per heavy atom. The topological polar surface area (TPSA) is 77.3 Å². The van der Waals surface area contributed by atoms with Gasteiger partial charge in [-0.3, -0.25) is 9.67 Å². The molecule has 8 heteroatoms. The summed E-state index contributed by atoms with van der Waals surface area (Å²) in [6, 6.07) is 3.89. The number of aromatic nitrogens is 3. The third kappa shape index (κ3) is 3.22. The zero-order valence-corrected chi connectivity index (χ0v) is 14.7. The Bertz CT molecular complexity index is 776. The Labute approximate surface area is 142 Å². The molecule has 0 spiro atoms. The Morgan fingerprint density at radius 2 is 2.04 bits per heavy atom. The van der Waals surface area contributed by atoms with Crippen molar-refractivity contribution in [3.8, 4) is 0 Å². The van der Waals surface area contributed by atoms with Crippen LogP contribution in [0.5, 0.6) is 0 Å². The summed E-state index contributed by atoms with van der Waals surface area (Å²) in [4.78, 5) is 4.29. The van der Waals surface area contributed by atoms with Crippen LogP contribution in [-0.2, 0) is 21.3 Å². The van der Waals surface area contributed by atoms with Crippen molar-refractivity contribution in [2.45, 2.75) is 24.3 Å². The molecule has 0 radical (unpaired) electrons. The van der Waals surface area contributed by atoms with Crippen molar-refractivity contribution >= 4 is 10.0 Å². The van der Waals surface area contributed by atoms with Gasteiger partial charge in [-0.25, -0.2) is 8.42 Å². The molecule has 0 aromatic carbocycles. The fourth-order valence-corrected chi connectivity index (χ4v) is 4.68. The van der Waals surface area contributed by atoms with Crippen LogP contribution in [-0.4, -0.2) is 54.3 Å². The summed E-state index contributed by atoms with van der Waals surface area (Å²) >= 11 is 0. The van der Waals surface area contributed by atoms with Crippen LogP contribution in [0.1, 0.15) is 18.4 Å². The van der Waals surface area contributed by atoms with E-state index in [1.54, 1.807) is 34.7 Å². The van der Waals surface area contributed by atoms with Gasteiger partial charge in [0.2, 0.25) is 10.0 Å². The normalized spacial score (nSPS) is 22.1. The van der Waals surface area contributed by atoms with Crippen molar-refractivity contribution in [3.63, 3.8) is 0 Å². The highest BCUT2D eigenvalue weighted by Crippen LogP contribution is 2.35. The van der Waals surface area contributed by atoms with Gasteiger partial charge in [-0.1, -0.05) is 0 Å². The third-order valence-corrected chi connectivity index (χ3v) is 6.28. The summed E-state index contributed by atoms with van der Waals surface area (Å²) in [6.45, 7) is 3.97. The van der Waals surface area contributed by atoms with Crippen LogP contribution in [0.4, 0.5) is 0 Å². The number of sulfonamides is 1. The molecule has 0 bridgehead atoms. The third-order valence-electron chi connectivity index (χ3n) is 4.49. The Morgan fingerprint density at radius 3 is 2.67 bits per heavy atom. The van der Waals surface area contributed by atoms with E-state index in [-0.39, 0.29) is 16.7 Å². The average molecular weight is 350 g/mol. The van der Waals surface area contributed by atoms with Gasteiger partial charge in [-0.2, -0.15) is 9.40 Å². The molecule has 7 nitrogen and oxygen atoms in total. The lowest BCUT2D eigenvalue weighted by Gasteiger charge is -2.17. The predicted molar refractivity (Wildman–Crippen MR) is 89.0 cm³/mol. The lowest BCUT2D eigenvalue weighted by atomic mass is 9.90. The van der Waals surface area contributed by atoms with E-state index in [4.69, 9.17) is 4.74 Å². The minimum atomic E-state index is -3.54. The number of ether oxygens (including phenoxy) is 1. The summed E-state index contributed by atoms with van der Waals surface area (Å²) < 4.78 is 34.3. The molecule has 1 fully saturated rings. The van der Waals surface area contributed by atoms with E-state index >= 15 is 0 Å². The first-order valence-corrected chi connectivity index (χ1v) is 9.41. The Balaban J connectivity index is 1.87. The monoisotopic (exact) mass is 350 g/mol. The van der Waals surface area contributed by atoms with Crippen LogP contribution < -0.4 is 0 Å². The summed E-state index contributed by atoms with van der Waals surface area (Å²) in [5, 5.41) is 4.08. The smallest absolute Gasteiger partial charge is 0.246 e. The van der Waals surface area contributed by atoms with Gasteiger partial charge >= 0.3 is 0 Å². The first-order valence-electron chi connectivity index (χ1n) is 7.97. The molecular formula is C16H22N4O3S. The lowest BCUT2D eigenvalue weighted by molar-refractivity contribution is 0.151. The molecule has 130 valence electrons. The number of methoxy groups -OCH3 is 1. The van der Waals surface area contributed by atoms with Crippen molar-refractivity contribution in [2.24, 2.45) is 5.92 Å². The predicted octanol–water partition coefficient (Wildman–Crippen LogP) is 1.35. The van der Waals surface area contributed by atoms with Crippen LogP contribution in [0.2, 0.25) is 0 Å². The fraction of sp³-hybridized carbons (Fsp3) is 0.500. The minimum Gasteiger partial charge on any atom is -0.384 e. The van der Waals surface area contributed by atoms with Crippen LogP contribution in [0, 0.1) is 5.92 Å². The van der Waals surface area contributed by atoms with Crippen molar-refractivity contribution in [2.75, 3.05) is 26.8 Å². The summed E-state index contributed by atoms with van der Waals surface area (Å²) in [7, 11) is -1.90. The van der Waals surface area contributed by atoms with E-state index < -0.39 is 10.0 Å². The summed E-state index contributed by atoms with van der Waals surface area (Å²) in [5.74, 6) is 0.220. The maximum atomic E-state index is 12.9.